The predicted molar refractivity (Wildman–Crippen MR) is 142 cm³/mol. The van der Waals surface area contributed by atoms with Crippen LogP contribution in [-0.2, 0) is 21.7 Å². The number of pyridine rings is 2. The Balaban J connectivity index is 1.61. The summed E-state index contributed by atoms with van der Waals surface area (Å²) in [6, 6.07) is 4.12. The highest BCUT2D eigenvalue weighted by Crippen LogP contribution is 2.44. The summed E-state index contributed by atoms with van der Waals surface area (Å²) in [5.41, 5.74) is 1.47. The van der Waals surface area contributed by atoms with Crippen LogP contribution < -0.4 is 4.90 Å². The van der Waals surface area contributed by atoms with Gasteiger partial charge in [0.2, 0.25) is 6.41 Å². The van der Waals surface area contributed by atoms with Crippen LogP contribution in [0.4, 0.5) is 14.5 Å². The lowest BCUT2D eigenvalue weighted by atomic mass is 9.99. The molecule has 1 unspecified atom stereocenters. The number of aromatic nitrogens is 4. The van der Waals surface area contributed by atoms with E-state index in [1.54, 1.807) is 45.3 Å². The minimum atomic E-state index is -1.13. The maximum atomic E-state index is 14.0. The number of nitrogens with zero attached hydrogens (tertiary/aromatic N) is 5. The zero-order valence-electron chi connectivity index (χ0n) is 22.0. The number of ether oxygens (including phenoxy) is 1. The number of aliphatic hydroxyl groups is 1. The average Bonchev–Trinajstić information content (AvgIpc) is 3.75. The molecule has 3 aromatic heterocycles. The fourth-order valence-corrected chi connectivity index (χ4v) is 4.12. The van der Waals surface area contributed by atoms with E-state index >= 15 is 0 Å². The van der Waals surface area contributed by atoms with Crippen molar-refractivity contribution in [2.24, 2.45) is 5.92 Å². The van der Waals surface area contributed by atoms with Crippen molar-refractivity contribution >= 4 is 23.7 Å². The summed E-state index contributed by atoms with van der Waals surface area (Å²) in [6.45, 7) is 6.49. The number of anilines is 1. The molecule has 0 spiro atoms. The van der Waals surface area contributed by atoms with Crippen LogP contribution in [-0.4, -0.2) is 31.5 Å². The van der Waals surface area contributed by atoms with E-state index in [2.05, 4.69) is 19.9 Å². The Morgan fingerprint density at radius 3 is 2.59 bits per heavy atom. The summed E-state index contributed by atoms with van der Waals surface area (Å²) in [5.74, 6) is -1.01. The van der Waals surface area contributed by atoms with Crippen LogP contribution in [0.5, 0.6) is 0 Å². The topological polar surface area (TPSA) is 101 Å². The number of carbonyl (C=O) groups excluding carboxylic acids is 1. The van der Waals surface area contributed by atoms with Gasteiger partial charge in [0.05, 0.1) is 28.3 Å². The third-order valence-corrected chi connectivity index (χ3v) is 6.68. The van der Waals surface area contributed by atoms with Crippen molar-refractivity contribution in [1.29, 1.82) is 0 Å². The Morgan fingerprint density at radius 1 is 1.21 bits per heavy atom. The molecule has 1 saturated carbocycles. The SMILES string of the molecule is C/C(=C/C(OCc1ncc(F)cc1F)=C(\C)Cl)N(C=O)c1cc(-c2ccnc(C(C)(O)C3CC3)n2)ncc1C. The number of hydrogen-bond donors (Lipinski definition) is 1. The number of halogens is 3. The van der Waals surface area contributed by atoms with E-state index in [0.717, 1.165) is 25.1 Å². The first kappa shape index (κ1) is 28.3. The Kier molecular flexibility index (Phi) is 8.36. The van der Waals surface area contributed by atoms with Gasteiger partial charge in [-0.3, -0.25) is 19.7 Å². The van der Waals surface area contributed by atoms with Crippen molar-refractivity contribution in [1.82, 2.24) is 19.9 Å². The van der Waals surface area contributed by atoms with Gasteiger partial charge in [-0.25, -0.2) is 18.7 Å². The number of amides is 1. The van der Waals surface area contributed by atoms with E-state index in [-0.39, 0.29) is 29.0 Å². The van der Waals surface area contributed by atoms with Crippen molar-refractivity contribution < 1.29 is 23.4 Å². The summed E-state index contributed by atoms with van der Waals surface area (Å²) < 4.78 is 32.8. The molecule has 0 aliphatic heterocycles. The van der Waals surface area contributed by atoms with Crippen LogP contribution in [0.1, 0.15) is 50.7 Å². The second kappa shape index (κ2) is 11.5. The molecule has 1 atom stereocenters. The molecule has 0 bridgehead atoms. The van der Waals surface area contributed by atoms with E-state index in [9.17, 15) is 18.7 Å². The number of hydrogen-bond acceptors (Lipinski definition) is 7. The fourth-order valence-electron chi connectivity index (χ4n) is 4.01. The second-order valence-corrected chi connectivity index (χ2v) is 10.1. The molecule has 1 aliphatic rings. The molecule has 1 fully saturated rings. The molecule has 39 heavy (non-hydrogen) atoms. The molecule has 3 aromatic rings. The Bertz CT molecular complexity index is 1450. The summed E-state index contributed by atoms with van der Waals surface area (Å²) >= 11 is 6.21. The first-order chi connectivity index (χ1) is 18.5. The maximum Gasteiger partial charge on any atom is 0.218 e. The van der Waals surface area contributed by atoms with Gasteiger partial charge in [0.15, 0.2) is 11.6 Å². The van der Waals surface area contributed by atoms with Crippen LogP contribution in [0, 0.1) is 24.5 Å². The first-order valence-electron chi connectivity index (χ1n) is 12.3. The Hall–Kier alpha value is -3.76. The molecule has 11 heteroatoms. The van der Waals surface area contributed by atoms with E-state index in [0.29, 0.717) is 40.6 Å². The van der Waals surface area contributed by atoms with E-state index < -0.39 is 17.2 Å². The summed E-state index contributed by atoms with van der Waals surface area (Å²) in [5, 5.41) is 11.1. The van der Waals surface area contributed by atoms with Crippen molar-refractivity contribution in [2.45, 2.75) is 52.7 Å². The van der Waals surface area contributed by atoms with Crippen molar-refractivity contribution in [3.63, 3.8) is 0 Å². The average molecular weight is 556 g/mol. The van der Waals surface area contributed by atoms with Gasteiger partial charge >= 0.3 is 0 Å². The zero-order chi connectivity index (χ0) is 28.3. The highest BCUT2D eigenvalue weighted by molar-refractivity contribution is 6.29. The zero-order valence-corrected chi connectivity index (χ0v) is 22.7. The largest absolute Gasteiger partial charge is 0.486 e. The van der Waals surface area contributed by atoms with Gasteiger partial charge in [-0.15, -0.1) is 0 Å². The van der Waals surface area contributed by atoms with Crippen LogP contribution in [0.15, 0.2) is 59.4 Å². The normalized spacial score (nSPS) is 15.8. The number of carbonyl (C=O) groups is 1. The summed E-state index contributed by atoms with van der Waals surface area (Å²) in [6.07, 6.45) is 8.12. The van der Waals surface area contributed by atoms with Gasteiger partial charge in [-0.05, 0) is 64.2 Å². The number of aryl methyl sites for hydroxylation is 1. The second-order valence-electron chi connectivity index (χ2n) is 9.57. The van der Waals surface area contributed by atoms with Gasteiger partial charge in [0, 0.05) is 30.2 Å². The Labute approximate surface area is 230 Å². The molecular weight excluding hydrogens is 528 g/mol. The van der Waals surface area contributed by atoms with Gasteiger partial charge in [-0.1, -0.05) is 11.6 Å². The molecule has 0 saturated heterocycles. The van der Waals surface area contributed by atoms with Crippen LogP contribution in [0.2, 0.25) is 0 Å². The highest BCUT2D eigenvalue weighted by Gasteiger charge is 2.43. The summed E-state index contributed by atoms with van der Waals surface area (Å²) in [4.78, 5) is 30.7. The molecule has 3 heterocycles. The molecule has 0 aromatic carbocycles. The predicted octanol–water partition coefficient (Wildman–Crippen LogP) is 5.69. The van der Waals surface area contributed by atoms with Gasteiger partial charge in [0.25, 0.3) is 0 Å². The monoisotopic (exact) mass is 555 g/mol. The molecule has 1 amide bonds. The smallest absolute Gasteiger partial charge is 0.218 e. The van der Waals surface area contributed by atoms with Gasteiger partial charge in [-0.2, -0.15) is 0 Å². The molecule has 204 valence electrons. The first-order valence-corrected chi connectivity index (χ1v) is 12.6. The number of rotatable bonds is 10. The maximum absolute atomic E-state index is 14.0. The molecule has 1 aliphatic carbocycles. The lowest BCUT2D eigenvalue weighted by Crippen LogP contribution is -2.27. The van der Waals surface area contributed by atoms with E-state index in [4.69, 9.17) is 16.3 Å². The molecule has 1 N–H and O–H groups in total. The van der Waals surface area contributed by atoms with Crippen molar-refractivity contribution in [2.75, 3.05) is 4.90 Å². The van der Waals surface area contributed by atoms with Gasteiger partial charge < -0.3 is 9.84 Å². The van der Waals surface area contributed by atoms with Gasteiger partial charge in [0.1, 0.15) is 29.5 Å². The van der Waals surface area contributed by atoms with Crippen molar-refractivity contribution in [3.05, 3.63) is 88.1 Å². The number of allylic oxidation sites excluding steroid dienone is 3. The standard InChI is InChI=1S/C28H28ClF2N5O3/c1-16-12-33-23(22-7-8-32-27(35-22)28(4,38)19-5-6-19)11-25(16)36(15-37)17(2)9-26(18(3)29)39-14-24-21(31)10-20(30)13-34-24/h7-13,15,19,38H,5-6,14H2,1-4H3/b17-9-,26-18-. The van der Waals surface area contributed by atoms with Crippen LogP contribution in [0.25, 0.3) is 11.4 Å². The van der Waals surface area contributed by atoms with Crippen LogP contribution in [0.3, 0.4) is 0 Å². The molecule has 0 radical (unpaired) electrons. The lowest BCUT2D eigenvalue weighted by Gasteiger charge is -2.23. The van der Waals surface area contributed by atoms with Crippen molar-refractivity contribution in [3.8, 4) is 11.4 Å². The fraction of sp³-hybridized carbons (Fsp3) is 0.321. The third kappa shape index (κ3) is 6.46. The Morgan fingerprint density at radius 2 is 1.95 bits per heavy atom. The van der Waals surface area contributed by atoms with Crippen LogP contribution >= 0.6 is 11.6 Å². The highest BCUT2D eigenvalue weighted by atomic mass is 35.5. The van der Waals surface area contributed by atoms with E-state index in [1.807, 2.05) is 6.92 Å². The molecular formula is C28H28ClF2N5O3. The van der Waals surface area contributed by atoms with E-state index in [1.165, 1.54) is 11.0 Å². The minimum absolute atomic E-state index is 0.0929. The third-order valence-electron chi connectivity index (χ3n) is 6.49. The quantitative estimate of drug-likeness (QED) is 0.195. The molecule has 4 rings (SSSR count). The molecule has 8 nitrogen and oxygen atoms in total. The summed E-state index contributed by atoms with van der Waals surface area (Å²) in [7, 11) is 0. The minimum Gasteiger partial charge on any atom is -0.486 e. The lowest BCUT2D eigenvalue weighted by molar-refractivity contribution is -0.107.